The molecule has 0 saturated carbocycles. The highest BCUT2D eigenvalue weighted by molar-refractivity contribution is 7.87. The molecule has 0 spiro atoms. The maximum Gasteiger partial charge on any atom is 0.195 e. The monoisotopic (exact) mass is 525 g/mol. The average molecular weight is 526 g/mol. The Morgan fingerprint density at radius 1 is 0.556 bits per heavy atom. The molecular formula is C31H22Cl2NOP. The second kappa shape index (κ2) is 10.7. The van der Waals surface area contributed by atoms with Crippen LogP contribution in [-0.2, 0) is 0 Å². The lowest BCUT2D eigenvalue weighted by atomic mass is 10.0. The Morgan fingerprint density at radius 2 is 1.00 bits per heavy atom. The number of hydrogen-bond acceptors (Lipinski definition) is 2. The van der Waals surface area contributed by atoms with Crippen molar-refractivity contribution in [2.45, 2.75) is 0 Å². The molecule has 0 N–H and O–H groups in total. The molecule has 0 bridgehead atoms. The van der Waals surface area contributed by atoms with E-state index in [0.29, 0.717) is 26.9 Å². The van der Waals surface area contributed by atoms with Crippen LogP contribution in [0.1, 0.15) is 15.9 Å². The van der Waals surface area contributed by atoms with E-state index >= 15 is 0 Å². The van der Waals surface area contributed by atoms with Crippen LogP contribution in [-0.4, -0.2) is 5.78 Å². The highest BCUT2D eigenvalue weighted by atomic mass is 35.5. The minimum absolute atomic E-state index is 0.153. The zero-order valence-corrected chi connectivity index (χ0v) is 21.7. The Kier molecular flexibility index (Phi) is 7.20. The van der Waals surface area contributed by atoms with Gasteiger partial charge in [0.25, 0.3) is 0 Å². The number of ketones is 1. The first kappa shape index (κ1) is 24.3. The molecule has 0 fully saturated rings. The van der Waals surface area contributed by atoms with Crippen molar-refractivity contribution in [1.82, 2.24) is 0 Å². The number of nitrogens with zero attached hydrogens (tertiary/aromatic N) is 1. The van der Waals surface area contributed by atoms with Crippen molar-refractivity contribution in [3.8, 4) is 0 Å². The van der Waals surface area contributed by atoms with Crippen LogP contribution in [0, 0.1) is 0 Å². The summed E-state index contributed by atoms with van der Waals surface area (Å²) in [7, 11) is -2.55. The highest BCUT2D eigenvalue weighted by Gasteiger charge is 2.28. The normalized spacial score (nSPS) is 11.2. The summed E-state index contributed by atoms with van der Waals surface area (Å²) in [5, 5.41) is 4.35. The van der Waals surface area contributed by atoms with E-state index in [2.05, 4.69) is 36.4 Å². The minimum Gasteiger partial charge on any atom is -0.289 e. The lowest BCUT2D eigenvalue weighted by molar-refractivity contribution is 0.103. The number of rotatable bonds is 6. The molecule has 0 atom stereocenters. The number of carbonyl (C=O) groups excluding carboxylic acids is 1. The summed E-state index contributed by atoms with van der Waals surface area (Å²) in [6, 6.07) is 43.1. The van der Waals surface area contributed by atoms with E-state index in [1.54, 1.807) is 36.4 Å². The largest absolute Gasteiger partial charge is 0.289 e. The number of hydrogen-bond donors (Lipinski definition) is 0. The zero-order valence-electron chi connectivity index (χ0n) is 19.3. The molecule has 5 aromatic carbocycles. The fourth-order valence-corrected chi connectivity index (χ4v) is 8.09. The maximum atomic E-state index is 13.7. The summed E-state index contributed by atoms with van der Waals surface area (Å²) < 4.78 is 5.51. The summed E-state index contributed by atoms with van der Waals surface area (Å²) in [6.07, 6.45) is 0. The Hall–Kier alpha value is -3.42. The number of halogens is 2. The third-order valence-corrected chi connectivity index (χ3v) is 10.1. The van der Waals surface area contributed by atoms with Crippen LogP contribution in [0.4, 0.5) is 5.69 Å². The standard InChI is InChI=1S/C31H22Cl2NOP/c32-24-18-16-23(17-19-24)31(35)29-22-25(33)20-21-30(29)34-36(26-10-4-1-5-11-26,27-12-6-2-7-13-27)28-14-8-3-9-15-28/h1-22H. The van der Waals surface area contributed by atoms with Gasteiger partial charge in [-0.3, -0.25) is 9.54 Å². The third-order valence-electron chi connectivity index (χ3n) is 5.96. The Bertz CT molecular complexity index is 1450. The van der Waals surface area contributed by atoms with E-state index in [0.717, 1.165) is 15.9 Å². The molecule has 2 nitrogen and oxygen atoms in total. The van der Waals surface area contributed by atoms with Crippen LogP contribution in [0.5, 0.6) is 0 Å². The SMILES string of the molecule is O=C(c1ccc(Cl)cc1)c1cc(Cl)ccc1N=P(c1ccccc1)(c1ccccc1)c1ccccc1. The number of carbonyl (C=O) groups is 1. The molecule has 0 aromatic heterocycles. The third kappa shape index (κ3) is 4.81. The highest BCUT2D eigenvalue weighted by Crippen LogP contribution is 2.50. The summed E-state index contributed by atoms with van der Waals surface area (Å²) >= 11 is 12.5. The van der Waals surface area contributed by atoms with Gasteiger partial charge in [-0.05, 0) is 42.5 Å². The molecule has 0 aliphatic rings. The molecule has 0 radical (unpaired) electrons. The zero-order chi connectivity index (χ0) is 25.0. The van der Waals surface area contributed by atoms with Gasteiger partial charge in [-0.25, -0.2) is 0 Å². The van der Waals surface area contributed by atoms with E-state index in [-0.39, 0.29) is 5.78 Å². The van der Waals surface area contributed by atoms with Gasteiger partial charge in [-0.15, -0.1) is 0 Å². The summed E-state index contributed by atoms with van der Waals surface area (Å²) in [4.78, 5) is 13.7. The van der Waals surface area contributed by atoms with Crippen molar-refractivity contribution in [2.24, 2.45) is 4.74 Å². The van der Waals surface area contributed by atoms with Crippen LogP contribution in [0.2, 0.25) is 10.0 Å². The molecule has 5 aromatic rings. The van der Waals surface area contributed by atoms with Crippen molar-refractivity contribution in [3.63, 3.8) is 0 Å². The fraction of sp³-hybridized carbons (Fsp3) is 0. The van der Waals surface area contributed by atoms with Gasteiger partial charge >= 0.3 is 0 Å². The molecule has 0 saturated heterocycles. The molecule has 0 aliphatic heterocycles. The van der Waals surface area contributed by atoms with Gasteiger partial charge in [-0.1, -0.05) is 114 Å². The van der Waals surface area contributed by atoms with Crippen LogP contribution in [0.3, 0.4) is 0 Å². The number of benzene rings is 5. The smallest absolute Gasteiger partial charge is 0.195 e. The summed E-state index contributed by atoms with van der Waals surface area (Å²) in [5.41, 5.74) is 1.59. The lowest BCUT2D eigenvalue weighted by Gasteiger charge is -2.27. The maximum absolute atomic E-state index is 13.7. The predicted octanol–water partition coefficient (Wildman–Crippen LogP) is 8.03. The van der Waals surface area contributed by atoms with Gasteiger partial charge in [-0.2, -0.15) is 0 Å². The molecule has 0 aliphatic carbocycles. The van der Waals surface area contributed by atoms with Crippen molar-refractivity contribution in [2.75, 3.05) is 0 Å². The van der Waals surface area contributed by atoms with Crippen LogP contribution < -0.4 is 15.9 Å². The first-order valence-electron chi connectivity index (χ1n) is 11.5. The Balaban J connectivity index is 1.85. The average Bonchev–Trinajstić information content (AvgIpc) is 2.94. The van der Waals surface area contributed by atoms with E-state index in [9.17, 15) is 4.79 Å². The summed E-state index contributed by atoms with van der Waals surface area (Å²) in [5.74, 6) is -0.153. The molecule has 0 amide bonds. The Morgan fingerprint density at radius 3 is 1.47 bits per heavy atom. The van der Waals surface area contributed by atoms with Gasteiger partial charge in [0.1, 0.15) is 0 Å². The van der Waals surface area contributed by atoms with Crippen LogP contribution >= 0.6 is 30.3 Å². The van der Waals surface area contributed by atoms with E-state index in [4.69, 9.17) is 27.9 Å². The Labute approximate surface area is 221 Å². The van der Waals surface area contributed by atoms with Crippen molar-refractivity contribution < 1.29 is 4.79 Å². The molecule has 5 rings (SSSR count). The second-order valence-electron chi connectivity index (χ2n) is 8.24. The van der Waals surface area contributed by atoms with E-state index in [1.807, 2.05) is 60.7 Å². The second-order valence-corrected chi connectivity index (χ2v) is 12.1. The van der Waals surface area contributed by atoms with Gasteiger partial charge in [0.2, 0.25) is 0 Å². The van der Waals surface area contributed by atoms with Gasteiger partial charge in [0.15, 0.2) is 5.78 Å². The van der Waals surface area contributed by atoms with Gasteiger partial charge in [0, 0.05) is 37.1 Å². The molecule has 36 heavy (non-hydrogen) atoms. The van der Waals surface area contributed by atoms with Crippen LogP contribution in [0.15, 0.2) is 138 Å². The minimum atomic E-state index is -2.55. The van der Waals surface area contributed by atoms with Crippen molar-refractivity contribution >= 4 is 57.6 Å². The van der Waals surface area contributed by atoms with E-state index in [1.165, 1.54) is 0 Å². The topological polar surface area (TPSA) is 29.4 Å². The molecule has 176 valence electrons. The fourth-order valence-electron chi connectivity index (χ4n) is 4.25. The molecule has 0 heterocycles. The molecule has 5 heteroatoms. The summed E-state index contributed by atoms with van der Waals surface area (Å²) in [6.45, 7) is 0. The van der Waals surface area contributed by atoms with Crippen LogP contribution in [0.25, 0.3) is 0 Å². The first-order chi connectivity index (χ1) is 17.6. The first-order valence-corrected chi connectivity index (χ1v) is 14.0. The molecular weight excluding hydrogens is 504 g/mol. The predicted molar refractivity (Wildman–Crippen MR) is 154 cm³/mol. The quantitative estimate of drug-likeness (QED) is 0.163. The van der Waals surface area contributed by atoms with Crippen molar-refractivity contribution in [1.29, 1.82) is 0 Å². The van der Waals surface area contributed by atoms with Crippen molar-refractivity contribution in [3.05, 3.63) is 155 Å². The van der Waals surface area contributed by atoms with Gasteiger partial charge in [0.05, 0.1) is 12.7 Å². The molecule has 0 unspecified atom stereocenters. The van der Waals surface area contributed by atoms with E-state index < -0.39 is 7.05 Å². The lowest BCUT2D eigenvalue weighted by Crippen LogP contribution is -2.25. The van der Waals surface area contributed by atoms with Gasteiger partial charge < -0.3 is 0 Å².